The summed E-state index contributed by atoms with van der Waals surface area (Å²) >= 11 is 3.34. The van der Waals surface area contributed by atoms with Gasteiger partial charge in [-0.25, -0.2) is 4.98 Å². The summed E-state index contributed by atoms with van der Waals surface area (Å²) in [5, 5.41) is 8.69. The molecule has 0 bridgehead atoms. The third kappa shape index (κ3) is 2.59. The predicted molar refractivity (Wildman–Crippen MR) is 63.2 cm³/mol. The maximum absolute atomic E-state index is 8.69. The number of nitriles is 1. The summed E-state index contributed by atoms with van der Waals surface area (Å²) in [5.41, 5.74) is 0.342. The second-order valence-corrected chi connectivity index (χ2v) is 3.94. The van der Waals surface area contributed by atoms with E-state index in [1.165, 1.54) is 0 Å². The minimum atomic E-state index is 0.342. The van der Waals surface area contributed by atoms with Crippen LogP contribution in [0.4, 0.5) is 0 Å². The Balaban J connectivity index is 2.21. The lowest BCUT2D eigenvalue weighted by Crippen LogP contribution is -1.89. The topological polar surface area (TPSA) is 45.9 Å². The first kappa shape index (κ1) is 10.7. The molecular formula is C12H7BrN2O. The monoisotopic (exact) mass is 274 g/mol. The molecule has 0 amide bonds. The molecule has 0 N–H and O–H groups in total. The number of nitrogens with zero attached hydrogens (tertiary/aromatic N) is 2. The van der Waals surface area contributed by atoms with Crippen molar-refractivity contribution in [3.63, 3.8) is 0 Å². The minimum Gasteiger partial charge on any atom is -0.439 e. The molecular weight excluding hydrogens is 268 g/mol. The van der Waals surface area contributed by atoms with Crippen LogP contribution in [0.1, 0.15) is 5.69 Å². The zero-order chi connectivity index (χ0) is 11.4. The molecule has 0 fully saturated rings. The van der Waals surface area contributed by atoms with Crippen LogP contribution in [0.5, 0.6) is 11.6 Å². The molecule has 0 saturated carbocycles. The molecule has 78 valence electrons. The van der Waals surface area contributed by atoms with Crippen LogP contribution in [0.25, 0.3) is 0 Å². The summed E-state index contributed by atoms with van der Waals surface area (Å²) in [6, 6.07) is 14.4. The van der Waals surface area contributed by atoms with Gasteiger partial charge in [0.1, 0.15) is 17.5 Å². The Kier molecular flexibility index (Phi) is 3.18. The smallest absolute Gasteiger partial charge is 0.220 e. The van der Waals surface area contributed by atoms with Crippen LogP contribution in [0.2, 0.25) is 0 Å². The van der Waals surface area contributed by atoms with Crippen molar-refractivity contribution >= 4 is 15.9 Å². The van der Waals surface area contributed by atoms with Gasteiger partial charge < -0.3 is 4.74 Å². The number of halogens is 1. The van der Waals surface area contributed by atoms with Gasteiger partial charge in [-0.05, 0) is 30.3 Å². The first-order valence-corrected chi connectivity index (χ1v) is 5.38. The van der Waals surface area contributed by atoms with Crippen LogP contribution in [-0.2, 0) is 0 Å². The van der Waals surface area contributed by atoms with E-state index < -0.39 is 0 Å². The molecule has 2 aromatic rings. The van der Waals surface area contributed by atoms with E-state index in [-0.39, 0.29) is 0 Å². The Morgan fingerprint density at radius 3 is 2.56 bits per heavy atom. The van der Waals surface area contributed by atoms with Gasteiger partial charge in [-0.3, -0.25) is 0 Å². The molecule has 2 rings (SSSR count). The van der Waals surface area contributed by atoms with Gasteiger partial charge >= 0.3 is 0 Å². The number of rotatable bonds is 2. The van der Waals surface area contributed by atoms with Gasteiger partial charge in [0.15, 0.2) is 0 Å². The molecule has 0 aliphatic carbocycles. The lowest BCUT2D eigenvalue weighted by Gasteiger charge is -2.04. The Morgan fingerprint density at radius 1 is 1.12 bits per heavy atom. The SMILES string of the molecule is N#Cc1cccc(Oc2ccc(Br)cc2)n1. The highest BCUT2D eigenvalue weighted by molar-refractivity contribution is 9.10. The third-order valence-corrected chi connectivity index (χ3v) is 2.40. The molecule has 3 nitrogen and oxygen atoms in total. The predicted octanol–water partition coefficient (Wildman–Crippen LogP) is 3.51. The highest BCUT2D eigenvalue weighted by Crippen LogP contribution is 2.21. The summed E-state index contributed by atoms with van der Waals surface area (Å²) < 4.78 is 6.48. The fraction of sp³-hybridized carbons (Fsp3) is 0. The second kappa shape index (κ2) is 4.77. The molecule has 0 saturated heterocycles. The summed E-state index contributed by atoms with van der Waals surface area (Å²) in [6.45, 7) is 0. The number of hydrogen-bond donors (Lipinski definition) is 0. The molecule has 16 heavy (non-hydrogen) atoms. The van der Waals surface area contributed by atoms with Crippen molar-refractivity contribution in [2.45, 2.75) is 0 Å². The van der Waals surface area contributed by atoms with Crippen molar-refractivity contribution in [2.75, 3.05) is 0 Å². The van der Waals surface area contributed by atoms with Crippen molar-refractivity contribution in [2.24, 2.45) is 0 Å². The van der Waals surface area contributed by atoms with E-state index in [0.717, 1.165) is 4.47 Å². The highest BCUT2D eigenvalue weighted by Gasteiger charge is 1.99. The van der Waals surface area contributed by atoms with Crippen molar-refractivity contribution in [1.82, 2.24) is 4.98 Å². The lowest BCUT2D eigenvalue weighted by molar-refractivity contribution is 0.462. The van der Waals surface area contributed by atoms with E-state index in [9.17, 15) is 0 Å². The number of hydrogen-bond acceptors (Lipinski definition) is 3. The zero-order valence-electron chi connectivity index (χ0n) is 8.22. The van der Waals surface area contributed by atoms with Crippen LogP contribution >= 0.6 is 15.9 Å². The summed E-state index contributed by atoms with van der Waals surface area (Å²) in [5.74, 6) is 1.10. The van der Waals surface area contributed by atoms with E-state index in [1.807, 2.05) is 30.3 Å². The minimum absolute atomic E-state index is 0.342. The van der Waals surface area contributed by atoms with Crippen molar-refractivity contribution in [1.29, 1.82) is 5.26 Å². The molecule has 0 unspecified atom stereocenters. The van der Waals surface area contributed by atoms with E-state index in [2.05, 4.69) is 20.9 Å². The van der Waals surface area contributed by atoms with Crippen molar-refractivity contribution < 1.29 is 4.74 Å². The average molecular weight is 275 g/mol. The van der Waals surface area contributed by atoms with Crippen LogP contribution in [0, 0.1) is 11.3 Å². The second-order valence-electron chi connectivity index (χ2n) is 3.03. The molecule has 0 aliphatic heterocycles. The maximum Gasteiger partial charge on any atom is 0.220 e. The third-order valence-electron chi connectivity index (χ3n) is 1.87. The Morgan fingerprint density at radius 2 is 1.88 bits per heavy atom. The Labute approximate surface area is 101 Å². The van der Waals surface area contributed by atoms with Crippen LogP contribution in [0.3, 0.4) is 0 Å². The molecule has 1 aromatic heterocycles. The largest absolute Gasteiger partial charge is 0.439 e. The van der Waals surface area contributed by atoms with Gasteiger partial charge in [-0.2, -0.15) is 5.26 Å². The lowest BCUT2D eigenvalue weighted by atomic mass is 10.3. The van der Waals surface area contributed by atoms with Gasteiger partial charge in [0.25, 0.3) is 0 Å². The standard InChI is InChI=1S/C12H7BrN2O/c13-9-4-6-11(7-5-9)16-12-3-1-2-10(8-14)15-12/h1-7H. The Hall–Kier alpha value is -1.86. The molecule has 0 aliphatic rings. The number of aromatic nitrogens is 1. The van der Waals surface area contributed by atoms with Gasteiger partial charge in [0.05, 0.1) is 0 Å². The summed E-state index contributed by atoms with van der Waals surface area (Å²) in [7, 11) is 0. The first-order chi connectivity index (χ1) is 7.78. The maximum atomic E-state index is 8.69. The van der Waals surface area contributed by atoms with E-state index in [0.29, 0.717) is 17.3 Å². The highest BCUT2D eigenvalue weighted by atomic mass is 79.9. The quantitative estimate of drug-likeness (QED) is 0.842. The van der Waals surface area contributed by atoms with Gasteiger partial charge in [-0.15, -0.1) is 0 Å². The zero-order valence-corrected chi connectivity index (χ0v) is 9.81. The number of pyridine rings is 1. The molecule has 0 atom stereocenters. The molecule has 4 heteroatoms. The summed E-state index contributed by atoms with van der Waals surface area (Å²) in [6.07, 6.45) is 0. The van der Waals surface area contributed by atoms with Gasteiger partial charge in [0, 0.05) is 10.5 Å². The van der Waals surface area contributed by atoms with Crippen molar-refractivity contribution in [3.05, 3.63) is 52.6 Å². The fourth-order valence-electron chi connectivity index (χ4n) is 1.16. The van der Waals surface area contributed by atoms with Gasteiger partial charge in [-0.1, -0.05) is 22.0 Å². The van der Waals surface area contributed by atoms with Crippen LogP contribution in [0.15, 0.2) is 46.9 Å². The van der Waals surface area contributed by atoms with Crippen molar-refractivity contribution in [3.8, 4) is 17.7 Å². The normalized spacial score (nSPS) is 9.50. The van der Waals surface area contributed by atoms with Gasteiger partial charge in [0.2, 0.25) is 5.88 Å². The van der Waals surface area contributed by atoms with Crippen LogP contribution < -0.4 is 4.74 Å². The van der Waals surface area contributed by atoms with Crippen LogP contribution in [-0.4, -0.2) is 4.98 Å². The van der Waals surface area contributed by atoms with E-state index >= 15 is 0 Å². The number of benzene rings is 1. The summed E-state index contributed by atoms with van der Waals surface area (Å²) in [4.78, 5) is 4.01. The van der Waals surface area contributed by atoms with E-state index in [1.54, 1.807) is 18.2 Å². The molecule has 0 spiro atoms. The fourth-order valence-corrected chi connectivity index (χ4v) is 1.42. The average Bonchev–Trinajstić information content (AvgIpc) is 2.32. The molecule has 0 radical (unpaired) electrons. The first-order valence-electron chi connectivity index (χ1n) is 4.58. The molecule has 1 aromatic carbocycles. The van der Waals surface area contributed by atoms with E-state index in [4.69, 9.17) is 10.00 Å². The Bertz CT molecular complexity index is 531. The number of ether oxygens (including phenoxy) is 1. The molecule has 1 heterocycles.